The summed E-state index contributed by atoms with van der Waals surface area (Å²) in [5.74, 6) is 2.29. The van der Waals surface area contributed by atoms with E-state index in [2.05, 4.69) is 54.4 Å². The van der Waals surface area contributed by atoms with Gasteiger partial charge < -0.3 is 5.32 Å². The molecule has 1 aromatic rings. The van der Waals surface area contributed by atoms with Crippen LogP contribution in [0.5, 0.6) is 0 Å². The number of hydrogen-bond donors (Lipinski definition) is 1. The van der Waals surface area contributed by atoms with Gasteiger partial charge in [0.15, 0.2) is 0 Å². The lowest BCUT2D eigenvalue weighted by Crippen LogP contribution is -2.44. The van der Waals surface area contributed by atoms with E-state index in [-0.39, 0.29) is 0 Å². The lowest BCUT2D eigenvalue weighted by molar-refractivity contribution is 0.209. The van der Waals surface area contributed by atoms with Crippen LogP contribution in [0.2, 0.25) is 0 Å². The fourth-order valence-electron chi connectivity index (χ4n) is 2.61. The molecule has 1 atom stereocenters. The highest BCUT2D eigenvalue weighted by atomic mass is 32.2. The Bertz CT molecular complexity index is 412. The third-order valence-corrected chi connectivity index (χ3v) is 5.00. The first-order valence-corrected chi connectivity index (χ1v) is 9.00. The minimum absolute atomic E-state index is 0.396. The summed E-state index contributed by atoms with van der Waals surface area (Å²) in [6, 6.07) is 11.1. The quantitative estimate of drug-likeness (QED) is 0.871. The predicted octanol–water partition coefficient (Wildman–Crippen LogP) is 2.04. The van der Waals surface area contributed by atoms with E-state index in [9.17, 15) is 4.21 Å². The van der Waals surface area contributed by atoms with Gasteiger partial charge in [-0.25, -0.2) is 0 Å². The Balaban J connectivity index is 2.02. The van der Waals surface area contributed by atoms with Crippen LogP contribution in [0, 0.1) is 5.92 Å². The molecule has 1 aromatic carbocycles. The molecule has 1 saturated heterocycles. The molecule has 1 unspecified atom stereocenters. The molecular formula is C16H26N2OS. The smallest absolute Gasteiger partial charge is 0.0473 e. The van der Waals surface area contributed by atoms with E-state index in [4.69, 9.17) is 0 Å². The standard InChI is InChI=1S/C16H26N2OS/c1-14(2)12-17-13-16(15-6-4-3-5-7-15)18-8-10-20(19)11-9-18/h3-7,14,16-17H,8-13H2,1-2H3. The third kappa shape index (κ3) is 4.69. The van der Waals surface area contributed by atoms with E-state index in [1.165, 1.54) is 5.56 Å². The highest BCUT2D eigenvalue weighted by Crippen LogP contribution is 2.21. The van der Waals surface area contributed by atoms with Gasteiger partial charge in [-0.05, 0) is 18.0 Å². The van der Waals surface area contributed by atoms with Gasteiger partial charge in [-0.1, -0.05) is 44.2 Å². The Hall–Kier alpha value is -0.710. The molecule has 2 rings (SSSR count). The van der Waals surface area contributed by atoms with E-state index in [0.717, 1.165) is 37.7 Å². The minimum atomic E-state index is -0.609. The van der Waals surface area contributed by atoms with E-state index in [0.29, 0.717) is 12.0 Å². The van der Waals surface area contributed by atoms with Crippen molar-refractivity contribution in [3.8, 4) is 0 Å². The summed E-state index contributed by atoms with van der Waals surface area (Å²) in [7, 11) is -0.609. The fraction of sp³-hybridized carbons (Fsp3) is 0.625. The summed E-state index contributed by atoms with van der Waals surface area (Å²) in [5, 5.41) is 3.57. The molecule has 0 aliphatic carbocycles. The number of nitrogens with zero attached hydrogens (tertiary/aromatic N) is 1. The first-order chi connectivity index (χ1) is 9.66. The molecule has 1 aliphatic heterocycles. The van der Waals surface area contributed by atoms with Gasteiger partial charge in [0.05, 0.1) is 0 Å². The Kier molecular flexibility index (Phi) is 6.20. The second-order valence-corrected chi connectivity index (χ2v) is 7.56. The second-order valence-electron chi connectivity index (χ2n) is 5.86. The van der Waals surface area contributed by atoms with Crippen LogP contribution in [0.4, 0.5) is 0 Å². The van der Waals surface area contributed by atoms with Crippen LogP contribution in [-0.4, -0.2) is 46.8 Å². The Morgan fingerprint density at radius 3 is 2.40 bits per heavy atom. The molecule has 1 N–H and O–H groups in total. The van der Waals surface area contributed by atoms with Gasteiger partial charge in [0, 0.05) is 48.0 Å². The summed E-state index contributed by atoms with van der Waals surface area (Å²) in [4.78, 5) is 2.48. The number of hydrogen-bond acceptors (Lipinski definition) is 3. The maximum atomic E-state index is 11.5. The van der Waals surface area contributed by atoms with Crippen molar-refractivity contribution < 1.29 is 4.21 Å². The lowest BCUT2D eigenvalue weighted by atomic mass is 10.0. The van der Waals surface area contributed by atoms with Crippen LogP contribution in [0.15, 0.2) is 30.3 Å². The number of rotatable bonds is 6. The normalized spacial score (nSPS) is 19.4. The molecule has 3 nitrogen and oxygen atoms in total. The number of nitrogens with one attached hydrogen (secondary N) is 1. The molecular weight excluding hydrogens is 268 g/mol. The van der Waals surface area contributed by atoms with Gasteiger partial charge in [0.25, 0.3) is 0 Å². The summed E-state index contributed by atoms with van der Waals surface area (Å²) in [6.45, 7) is 8.35. The Labute approximate surface area is 125 Å². The van der Waals surface area contributed by atoms with Crippen LogP contribution in [0.1, 0.15) is 25.5 Å². The molecule has 0 spiro atoms. The zero-order valence-corrected chi connectivity index (χ0v) is 13.4. The van der Waals surface area contributed by atoms with Crippen LogP contribution >= 0.6 is 0 Å². The Morgan fingerprint density at radius 1 is 1.15 bits per heavy atom. The largest absolute Gasteiger partial charge is 0.315 e. The molecule has 20 heavy (non-hydrogen) atoms. The highest BCUT2D eigenvalue weighted by molar-refractivity contribution is 7.85. The third-order valence-electron chi connectivity index (χ3n) is 3.73. The zero-order chi connectivity index (χ0) is 14.4. The van der Waals surface area contributed by atoms with Crippen molar-refractivity contribution in [3.63, 3.8) is 0 Å². The van der Waals surface area contributed by atoms with Crippen molar-refractivity contribution in [1.82, 2.24) is 10.2 Å². The maximum absolute atomic E-state index is 11.5. The minimum Gasteiger partial charge on any atom is -0.315 e. The molecule has 0 saturated carbocycles. The second kappa shape index (κ2) is 7.91. The first kappa shape index (κ1) is 15.7. The highest BCUT2D eigenvalue weighted by Gasteiger charge is 2.24. The Morgan fingerprint density at radius 2 is 1.80 bits per heavy atom. The van der Waals surface area contributed by atoms with Gasteiger partial charge in [-0.3, -0.25) is 9.11 Å². The SMILES string of the molecule is CC(C)CNCC(c1ccccc1)N1CCS(=O)CC1. The van der Waals surface area contributed by atoms with E-state index in [1.54, 1.807) is 0 Å². The van der Waals surface area contributed by atoms with Gasteiger partial charge in [0.1, 0.15) is 0 Å². The van der Waals surface area contributed by atoms with Crippen LogP contribution < -0.4 is 5.32 Å². The van der Waals surface area contributed by atoms with Crippen molar-refractivity contribution in [2.75, 3.05) is 37.7 Å². The molecule has 112 valence electrons. The van der Waals surface area contributed by atoms with Gasteiger partial charge in [-0.15, -0.1) is 0 Å². The molecule has 4 heteroatoms. The summed E-state index contributed by atoms with van der Waals surface area (Å²) in [6.07, 6.45) is 0. The van der Waals surface area contributed by atoms with E-state index >= 15 is 0 Å². The summed E-state index contributed by atoms with van der Waals surface area (Å²) < 4.78 is 11.5. The van der Waals surface area contributed by atoms with Crippen LogP contribution in [0.3, 0.4) is 0 Å². The van der Waals surface area contributed by atoms with Crippen molar-refractivity contribution in [2.45, 2.75) is 19.9 Å². The predicted molar refractivity (Wildman–Crippen MR) is 86.3 cm³/mol. The number of benzene rings is 1. The average molecular weight is 294 g/mol. The van der Waals surface area contributed by atoms with Gasteiger partial charge >= 0.3 is 0 Å². The van der Waals surface area contributed by atoms with Crippen molar-refractivity contribution in [3.05, 3.63) is 35.9 Å². The average Bonchev–Trinajstić information content (AvgIpc) is 2.46. The molecule has 1 fully saturated rings. The summed E-state index contributed by atoms with van der Waals surface area (Å²) in [5.41, 5.74) is 1.36. The molecule has 0 aromatic heterocycles. The fourth-order valence-corrected chi connectivity index (χ4v) is 3.69. The van der Waals surface area contributed by atoms with E-state index < -0.39 is 10.8 Å². The molecule has 0 amide bonds. The van der Waals surface area contributed by atoms with Crippen LogP contribution in [0.25, 0.3) is 0 Å². The summed E-state index contributed by atoms with van der Waals surface area (Å²) >= 11 is 0. The maximum Gasteiger partial charge on any atom is 0.0473 e. The van der Waals surface area contributed by atoms with Gasteiger partial charge in [-0.2, -0.15) is 0 Å². The lowest BCUT2D eigenvalue weighted by Gasteiger charge is -2.35. The first-order valence-electron chi connectivity index (χ1n) is 7.51. The topological polar surface area (TPSA) is 32.3 Å². The van der Waals surface area contributed by atoms with Gasteiger partial charge in [0.2, 0.25) is 0 Å². The molecule has 1 heterocycles. The van der Waals surface area contributed by atoms with Crippen molar-refractivity contribution in [2.24, 2.45) is 5.92 Å². The monoisotopic (exact) mass is 294 g/mol. The van der Waals surface area contributed by atoms with E-state index in [1.807, 2.05) is 0 Å². The zero-order valence-electron chi connectivity index (χ0n) is 12.5. The molecule has 0 radical (unpaired) electrons. The van der Waals surface area contributed by atoms with Crippen molar-refractivity contribution in [1.29, 1.82) is 0 Å². The molecule has 1 aliphatic rings. The van der Waals surface area contributed by atoms with Crippen molar-refractivity contribution >= 4 is 10.8 Å². The molecule has 0 bridgehead atoms. The van der Waals surface area contributed by atoms with Crippen LogP contribution in [-0.2, 0) is 10.8 Å².